The Balaban J connectivity index is 1.64. The second-order valence-corrected chi connectivity index (χ2v) is 8.61. The standard InChI is InChI=1S/C19H21F3N2O/c1-17(2)7-15-18(3,9-17)10-24(15)16(25)13-8-23-14-6-11(19(20,21)22)4-5-12(13)14/h4-6,8,15,23H,7,9-10H2,1-3H3. The van der Waals surface area contributed by atoms with Crippen LogP contribution in [0.25, 0.3) is 10.9 Å². The van der Waals surface area contributed by atoms with Crippen molar-refractivity contribution < 1.29 is 18.0 Å². The van der Waals surface area contributed by atoms with Crippen LogP contribution in [0.15, 0.2) is 24.4 Å². The van der Waals surface area contributed by atoms with Crippen molar-refractivity contribution in [2.45, 2.75) is 45.8 Å². The first-order chi connectivity index (χ1) is 11.5. The van der Waals surface area contributed by atoms with E-state index in [-0.39, 0.29) is 22.8 Å². The summed E-state index contributed by atoms with van der Waals surface area (Å²) in [6.07, 6.45) is -0.797. The fraction of sp³-hybridized carbons (Fsp3) is 0.526. The zero-order valence-electron chi connectivity index (χ0n) is 14.5. The van der Waals surface area contributed by atoms with Crippen molar-refractivity contribution in [3.8, 4) is 0 Å². The van der Waals surface area contributed by atoms with Crippen LogP contribution in [0.1, 0.15) is 49.5 Å². The van der Waals surface area contributed by atoms with Crippen molar-refractivity contribution in [3.63, 3.8) is 0 Å². The molecule has 0 bridgehead atoms. The van der Waals surface area contributed by atoms with E-state index in [0.29, 0.717) is 23.0 Å². The number of rotatable bonds is 1. The molecule has 6 heteroatoms. The molecule has 2 atom stereocenters. The lowest BCUT2D eigenvalue weighted by Crippen LogP contribution is -2.62. The second-order valence-electron chi connectivity index (χ2n) is 8.61. The highest BCUT2D eigenvalue weighted by atomic mass is 19.4. The molecule has 25 heavy (non-hydrogen) atoms. The Kier molecular flexibility index (Phi) is 3.17. The van der Waals surface area contributed by atoms with E-state index in [1.807, 2.05) is 4.90 Å². The molecule has 2 heterocycles. The fourth-order valence-corrected chi connectivity index (χ4v) is 4.94. The molecule has 1 saturated carbocycles. The van der Waals surface area contributed by atoms with E-state index < -0.39 is 11.7 Å². The number of hydrogen-bond donors (Lipinski definition) is 1. The van der Waals surface area contributed by atoms with Crippen LogP contribution in [0.2, 0.25) is 0 Å². The maximum atomic E-state index is 13.0. The summed E-state index contributed by atoms with van der Waals surface area (Å²) in [4.78, 5) is 17.7. The van der Waals surface area contributed by atoms with Crippen molar-refractivity contribution in [2.24, 2.45) is 10.8 Å². The van der Waals surface area contributed by atoms with E-state index in [0.717, 1.165) is 25.0 Å². The molecule has 0 radical (unpaired) electrons. The number of fused-ring (bicyclic) bond motifs is 2. The van der Waals surface area contributed by atoms with Gasteiger partial charge in [-0.1, -0.05) is 26.8 Å². The average molecular weight is 350 g/mol. The maximum absolute atomic E-state index is 13.0. The van der Waals surface area contributed by atoms with Gasteiger partial charge in [0.1, 0.15) is 0 Å². The number of carbonyl (C=O) groups is 1. The number of aromatic amines is 1. The molecule has 4 rings (SSSR count). The Morgan fingerprint density at radius 1 is 1.28 bits per heavy atom. The normalized spacial score (nSPS) is 28.1. The average Bonchev–Trinajstić information content (AvgIpc) is 2.98. The molecule has 3 nitrogen and oxygen atoms in total. The van der Waals surface area contributed by atoms with Gasteiger partial charge in [0.05, 0.1) is 11.1 Å². The van der Waals surface area contributed by atoms with Crippen LogP contribution in [-0.2, 0) is 6.18 Å². The van der Waals surface area contributed by atoms with E-state index in [4.69, 9.17) is 0 Å². The van der Waals surface area contributed by atoms with E-state index in [2.05, 4.69) is 25.8 Å². The first kappa shape index (κ1) is 16.5. The molecular weight excluding hydrogens is 329 g/mol. The molecule has 1 aliphatic heterocycles. The van der Waals surface area contributed by atoms with Gasteiger partial charge in [0.25, 0.3) is 5.91 Å². The Hall–Kier alpha value is -1.98. The van der Waals surface area contributed by atoms with E-state index in [9.17, 15) is 18.0 Å². The van der Waals surface area contributed by atoms with Crippen LogP contribution < -0.4 is 0 Å². The molecule has 2 aromatic rings. The summed E-state index contributed by atoms with van der Waals surface area (Å²) < 4.78 is 38.5. The third-order valence-electron chi connectivity index (χ3n) is 5.84. The zero-order chi connectivity index (χ0) is 18.2. The predicted octanol–water partition coefficient (Wildman–Crippen LogP) is 4.84. The molecule has 1 aromatic heterocycles. The lowest BCUT2D eigenvalue weighted by molar-refractivity contribution is -0.137. The molecule has 1 aromatic carbocycles. The topological polar surface area (TPSA) is 36.1 Å². The maximum Gasteiger partial charge on any atom is 0.416 e. The first-order valence-corrected chi connectivity index (χ1v) is 8.50. The van der Waals surface area contributed by atoms with Gasteiger partial charge in [-0.25, -0.2) is 0 Å². The molecule has 1 aliphatic carbocycles. The summed E-state index contributed by atoms with van der Waals surface area (Å²) in [5.74, 6) is -0.0915. The van der Waals surface area contributed by atoms with E-state index in [1.165, 1.54) is 12.3 Å². The SMILES string of the molecule is CC1(C)CC2N(C(=O)c3c[nH]c4cc(C(F)(F)F)ccc34)CC2(C)C1. The number of nitrogens with one attached hydrogen (secondary N) is 1. The summed E-state index contributed by atoms with van der Waals surface area (Å²) in [5, 5.41) is 0.545. The van der Waals surface area contributed by atoms with Gasteiger partial charge in [-0.05, 0) is 30.4 Å². The predicted molar refractivity (Wildman–Crippen MR) is 89.2 cm³/mol. The Bertz CT molecular complexity index is 867. The molecule has 1 amide bonds. The fourth-order valence-electron chi connectivity index (χ4n) is 4.94. The third-order valence-corrected chi connectivity index (χ3v) is 5.84. The van der Waals surface area contributed by atoms with Gasteiger partial charge in [-0.15, -0.1) is 0 Å². The van der Waals surface area contributed by atoms with Crippen LogP contribution in [-0.4, -0.2) is 28.4 Å². The van der Waals surface area contributed by atoms with Crippen LogP contribution in [0.5, 0.6) is 0 Å². The van der Waals surface area contributed by atoms with Crippen molar-refractivity contribution in [3.05, 3.63) is 35.5 Å². The second kappa shape index (κ2) is 4.80. The van der Waals surface area contributed by atoms with Crippen molar-refractivity contribution in [2.75, 3.05) is 6.54 Å². The summed E-state index contributed by atoms with van der Waals surface area (Å²) in [6, 6.07) is 3.70. The van der Waals surface area contributed by atoms with Gasteiger partial charge in [0.15, 0.2) is 0 Å². The summed E-state index contributed by atoms with van der Waals surface area (Å²) in [7, 11) is 0. The number of halogens is 3. The highest BCUT2D eigenvalue weighted by molar-refractivity contribution is 6.07. The lowest BCUT2D eigenvalue weighted by Gasteiger charge is -2.52. The quantitative estimate of drug-likeness (QED) is 0.785. The van der Waals surface area contributed by atoms with Gasteiger partial charge >= 0.3 is 6.18 Å². The van der Waals surface area contributed by atoms with Crippen LogP contribution >= 0.6 is 0 Å². The number of hydrogen-bond acceptors (Lipinski definition) is 1. The number of nitrogens with zero attached hydrogens (tertiary/aromatic N) is 1. The van der Waals surface area contributed by atoms with Crippen LogP contribution in [0.4, 0.5) is 13.2 Å². The first-order valence-electron chi connectivity index (χ1n) is 8.50. The Morgan fingerprint density at radius 2 is 2.00 bits per heavy atom. The van der Waals surface area contributed by atoms with E-state index in [1.54, 1.807) is 0 Å². The minimum absolute atomic E-state index is 0.0915. The number of likely N-dealkylation sites (tertiary alicyclic amines) is 1. The number of alkyl halides is 3. The largest absolute Gasteiger partial charge is 0.416 e. The highest BCUT2D eigenvalue weighted by Crippen LogP contribution is 2.57. The summed E-state index contributed by atoms with van der Waals surface area (Å²) in [6.45, 7) is 7.39. The number of H-pyrrole nitrogens is 1. The van der Waals surface area contributed by atoms with Crippen molar-refractivity contribution in [1.29, 1.82) is 0 Å². The highest BCUT2D eigenvalue weighted by Gasteiger charge is 2.59. The van der Waals surface area contributed by atoms with Gasteiger partial charge in [-0.2, -0.15) is 13.2 Å². The van der Waals surface area contributed by atoms with Gasteiger partial charge in [0.2, 0.25) is 0 Å². The molecule has 2 aliphatic rings. The Labute approximate surface area is 144 Å². The number of aromatic nitrogens is 1. The van der Waals surface area contributed by atoms with Gasteiger partial charge < -0.3 is 9.88 Å². The van der Waals surface area contributed by atoms with Gasteiger partial charge in [0, 0.05) is 35.1 Å². The minimum atomic E-state index is -4.39. The lowest BCUT2D eigenvalue weighted by atomic mass is 9.74. The van der Waals surface area contributed by atoms with Crippen molar-refractivity contribution in [1.82, 2.24) is 9.88 Å². The summed E-state index contributed by atoms with van der Waals surface area (Å²) >= 11 is 0. The number of benzene rings is 1. The molecular formula is C19H21F3N2O. The molecule has 134 valence electrons. The Morgan fingerprint density at radius 3 is 2.64 bits per heavy atom. The third kappa shape index (κ3) is 2.45. The smallest absolute Gasteiger partial charge is 0.360 e. The number of carbonyl (C=O) groups excluding carboxylic acids is 1. The van der Waals surface area contributed by atoms with E-state index >= 15 is 0 Å². The summed E-state index contributed by atoms with van der Waals surface area (Å²) in [5.41, 5.74) is 0.462. The molecule has 1 N–H and O–H groups in total. The van der Waals surface area contributed by atoms with Crippen molar-refractivity contribution >= 4 is 16.8 Å². The molecule has 0 spiro atoms. The minimum Gasteiger partial charge on any atom is -0.360 e. The molecule has 2 fully saturated rings. The molecule has 1 saturated heterocycles. The van der Waals surface area contributed by atoms with Crippen LogP contribution in [0.3, 0.4) is 0 Å². The monoisotopic (exact) mass is 350 g/mol. The van der Waals surface area contributed by atoms with Crippen LogP contribution in [0, 0.1) is 10.8 Å². The van der Waals surface area contributed by atoms with Gasteiger partial charge in [-0.3, -0.25) is 4.79 Å². The number of amides is 1. The molecule has 2 unspecified atom stereocenters. The zero-order valence-corrected chi connectivity index (χ0v) is 14.5.